The lowest BCUT2D eigenvalue weighted by Crippen LogP contribution is -2.14. The van der Waals surface area contributed by atoms with E-state index in [1.54, 1.807) is 12.1 Å². The second kappa shape index (κ2) is 5.43. The van der Waals surface area contributed by atoms with Gasteiger partial charge in [0.2, 0.25) is 0 Å². The van der Waals surface area contributed by atoms with Gasteiger partial charge in [-0.2, -0.15) is 0 Å². The Labute approximate surface area is 108 Å². The molecule has 0 fully saturated rings. The maximum absolute atomic E-state index is 10.8. The van der Waals surface area contributed by atoms with Crippen molar-refractivity contribution in [1.82, 2.24) is 0 Å². The van der Waals surface area contributed by atoms with Gasteiger partial charge in [0.1, 0.15) is 5.75 Å². The first-order chi connectivity index (χ1) is 8.09. The molecule has 1 rings (SSSR count). The van der Waals surface area contributed by atoms with E-state index in [2.05, 4.69) is 0 Å². The lowest BCUT2D eigenvalue weighted by molar-refractivity contribution is 0.371. The molecule has 102 valence electrons. The quantitative estimate of drug-likeness (QED) is 0.736. The van der Waals surface area contributed by atoms with Gasteiger partial charge in [0.15, 0.2) is 0 Å². The number of aryl methyl sites for hydroxylation is 1. The largest absolute Gasteiger partial charge is 0.508 e. The summed E-state index contributed by atoms with van der Waals surface area (Å²) in [5, 5.41) is 9.53. The van der Waals surface area contributed by atoms with Crippen molar-refractivity contribution < 1.29 is 19.5 Å². The minimum Gasteiger partial charge on any atom is -0.508 e. The molecule has 0 spiro atoms. The van der Waals surface area contributed by atoms with Gasteiger partial charge in [-0.3, -0.25) is 4.57 Å². The topological polar surface area (TPSA) is 77.8 Å². The van der Waals surface area contributed by atoms with E-state index >= 15 is 0 Å². The van der Waals surface area contributed by atoms with Crippen molar-refractivity contribution in [1.29, 1.82) is 0 Å². The van der Waals surface area contributed by atoms with Gasteiger partial charge in [0, 0.05) is 0 Å². The fourth-order valence-electron chi connectivity index (χ4n) is 1.96. The molecule has 0 heterocycles. The summed E-state index contributed by atoms with van der Waals surface area (Å²) in [4.78, 5) is 17.7. The summed E-state index contributed by atoms with van der Waals surface area (Å²) in [5.41, 5.74) is 1.96. The number of hydrogen-bond acceptors (Lipinski definition) is 2. The highest BCUT2D eigenvalue weighted by atomic mass is 31.2. The molecule has 0 unspecified atom stereocenters. The van der Waals surface area contributed by atoms with Crippen LogP contribution in [-0.4, -0.2) is 21.1 Å². The van der Waals surface area contributed by atoms with Crippen LogP contribution in [0, 0.1) is 0 Å². The van der Waals surface area contributed by atoms with Crippen molar-refractivity contribution in [2.75, 3.05) is 6.16 Å². The standard InChI is InChI=1S/C13H21O4P/c1-13(2,3)12-9-11(14)7-6-10(12)5-4-8-18(15,16)17/h6-7,9,14H,4-5,8H2,1-3H3,(H2,15,16,17). The Kier molecular flexibility index (Phi) is 4.60. The van der Waals surface area contributed by atoms with E-state index in [0.717, 1.165) is 11.1 Å². The molecule has 0 aromatic heterocycles. The normalized spacial score (nSPS) is 12.7. The molecule has 18 heavy (non-hydrogen) atoms. The molecule has 1 aromatic rings. The molecule has 0 aliphatic carbocycles. The Hall–Kier alpha value is -0.830. The molecule has 0 saturated carbocycles. The lowest BCUT2D eigenvalue weighted by Gasteiger charge is -2.23. The Morgan fingerprint density at radius 3 is 2.33 bits per heavy atom. The van der Waals surface area contributed by atoms with Crippen LogP contribution >= 0.6 is 7.60 Å². The molecular weight excluding hydrogens is 251 g/mol. The number of phenols is 1. The Morgan fingerprint density at radius 1 is 1.22 bits per heavy atom. The third-order valence-electron chi connectivity index (χ3n) is 2.80. The number of benzene rings is 1. The zero-order valence-corrected chi connectivity index (χ0v) is 11.9. The summed E-state index contributed by atoms with van der Waals surface area (Å²) >= 11 is 0. The van der Waals surface area contributed by atoms with Crippen LogP contribution in [-0.2, 0) is 16.4 Å². The third-order valence-corrected chi connectivity index (χ3v) is 3.70. The zero-order chi connectivity index (χ0) is 14.0. The van der Waals surface area contributed by atoms with Gasteiger partial charge in [-0.25, -0.2) is 0 Å². The number of rotatable bonds is 4. The number of aromatic hydroxyl groups is 1. The molecule has 1 aromatic carbocycles. The van der Waals surface area contributed by atoms with E-state index < -0.39 is 7.60 Å². The van der Waals surface area contributed by atoms with Gasteiger partial charge in [-0.15, -0.1) is 0 Å². The lowest BCUT2D eigenvalue weighted by atomic mass is 9.82. The summed E-state index contributed by atoms with van der Waals surface area (Å²) in [6.07, 6.45) is 0.952. The third kappa shape index (κ3) is 4.81. The van der Waals surface area contributed by atoms with E-state index in [9.17, 15) is 9.67 Å². The van der Waals surface area contributed by atoms with E-state index in [0.29, 0.717) is 12.8 Å². The van der Waals surface area contributed by atoms with Crippen LogP contribution in [0.25, 0.3) is 0 Å². The molecule has 4 nitrogen and oxygen atoms in total. The van der Waals surface area contributed by atoms with E-state index in [4.69, 9.17) is 9.79 Å². The summed E-state index contributed by atoms with van der Waals surface area (Å²) in [6, 6.07) is 5.17. The van der Waals surface area contributed by atoms with Gasteiger partial charge < -0.3 is 14.9 Å². The minimum atomic E-state index is -3.92. The molecule has 0 aliphatic rings. The monoisotopic (exact) mass is 272 g/mol. The van der Waals surface area contributed by atoms with Crippen molar-refractivity contribution in [2.45, 2.75) is 39.0 Å². The van der Waals surface area contributed by atoms with E-state index in [1.165, 1.54) is 0 Å². The number of hydrogen-bond donors (Lipinski definition) is 3. The molecule has 5 heteroatoms. The van der Waals surface area contributed by atoms with Gasteiger partial charge in [0.05, 0.1) is 6.16 Å². The Morgan fingerprint density at radius 2 is 1.83 bits per heavy atom. The van der Waals surface area contributed by atoms with Crippen molar-refractivity contribution in [3.05, 3.63) is 29.3 Å². The van der Waals surface area contributed by atoms with Crippen LogP contribution in [0.15, 0.2) is 18.2 Å². The summed E-state index contributed by atoms with van der Waals surface area (Å²) < 4.78 is 10.8. The summed E-state index contributed by atoms with van der Waals surface area (Å²) in [5.74, 6) is 0.221. The van der Waals surface area contributed by atoms with Crippen LogP contribution in [0.2, 0.25) is 0 Å². The molecule has 0 atom stereocenters. The van der Waals surface area contributed by atoms with E-state index in [1.807, 2.05) is 26.8 Å². The average molecular weight is 272 g/mol. The van der Waals surface area contributed by atoms with Crippen LogP contribution in [0.1, 0.15) is 38.3 Å². The van der Waals surface area contributed by atoms with Gasteiger partial charge in [0.25, 0.3) is 0 Å². The van der Waals surface area contributed by atoms with E-state index in [-0.39, 0.29) is 17.3 Å². The van der Waals surface area contributed by atoms with Crippen molar-refractivity contribution >= 4 is 7.60 Å². The van der Waals surface area contributed by atoms with Gasteiger partial charge >= 0.3 is 7.60 Å². The Bertz CT molecular complexity index is 457. The molecule has 0 saturated heterocycles. The highest BCUT2D eigenvalue weighted by Gasteiger charge is 2.19. The maximum Gasteiger partial charge on any atom is 0.325 e. The van der Waals surface area contributed by atoms with Gasteiger partial charge in [-0.1, -0.05) is 26.8 Å². The predicted octanol–water partition coefficient (Wildman–Crippen LogP) is 2.80. The Balaban J connectivity index is 2.86. The van der Waals surface area contributed by atoms with Crippen molar-refractivity contribution in [3.8, 4) is 5.75 Å². The second-order valence-corrected chi connectivity index (χ2v) is 7.36. The first-order valence-corrected chi connectivity index (χ1v) is 7.76. The molecule has 3 N–H and O–H groups in total. The smallest absolute Gasteiger partial charge is 0.325 e. The molecular formula is C13H21O4P. The van der Waals surface area contributed by atoms with Crippen LogP contribution < -0.4 is 0 Å². The molecule has 0 amide bonds. The number of phenolic OH excluding ortho intramolecular Hbond substituents is 1. The van der Waals surface area contributed by atoms with Crippen LogP contribution in [0.4, 0.5) is 0 Å². The van der Waals surface area contributed by atoms with Crippen LogP contribution in [0.5, 0.6) is 5.75 Å². The molecule has 0 aliphatic heterocycles. The summed E-state index contributed by atoms with van der Waals surface area (Å²) in [6.45, 7) is 6.15. The van der Waals surface area contributed by atoms with Gasteiger partial charge in [-0.05, 0) is 41.5 Å². The first-order valence-electron chi connectivity index (χ1n) is 5.96. The average Bonchev–Trinajstić information content (AvgIpc) is 2.17. The van der Waals surface area contributed by atoms with Crippen molar-refractivity contribution in [3.63, 3.8) is 0 Å². The highest BCUT2D eigenvalue weighted by Crippen LogP contribution is 2.36. The first kappa shape index (κ1) is 15.2. The fourth-order valence-corrected chi connectivity index (χ4v) is 2.53. The minimum absolute atomic E-state index is 0.0997. The fraction of sp³-hybridized carbons (Fsp3) is 0.538. The maximum atomic E-state index is 10.8. The molecule has 0 bridgehead atoms. The summed E-state index contributed by atoms with van der Waals surface area (Å²) in [7, 11) is -3.92. The highest BCUT2D eigenvalue weighted by molar-refractivity contribution is 7.51. The van der Waals surface area contributed by atoms with Crippen molar-refractivity contribution in [2.24, 2.45) is 0 Å². The van der Waals surface area contributed by atoms with Crippen LogP contribution in [0.3, 0.4) is 0 Å². The predicted molar refractivity (Wildman–Crippen MR) is 72.0 cm³/mol. The second-order valence-electron chi connectivity index (χ2n) is 5.58. The SMILES string of the molecule is CC(C)(C)c1cc(O)ccc1CCCP(=O)(O)O. The molecule has 0 radical (unpaired) electrons. The zero-order valence-electron chi connectivity index (χ0n) is 11.1.